The molecule has 2 atom stereocenters. The molecule has 154 valence electrons. The lowest BCUT2D eigenvalue weighted by molar-refractivity contribution is -0.123. The normalized spacial score (nSPS) is 14.1. The highest BCUT2D eigenvalue weighted by atomic mass is 32.2. The van der Waals surface area contributed by atoms with Crippen molar-refractivity contribution in [1.29, 1.82) is 0 Å². The largest absolute Gasteiger partial charge is 0.360 e. The van der Waals surface area contributed by atoms with Crippen LogP contribution < -0.4 is 10.0 Å². The second kappa shape index (κ2) is 8.87. The maximum atomic E-state index is 12.5. The van der Waals surface area contributed by atoms with Crippen LogP contribution in [0.2, 0.25) is 0 Å². The summed E-state index contributed by atoms with van der Waals surface area (Å²) in [5.74, 6) is 0.358. The molecule has 0 saturated heterocycles. The minimum absolute atomic E-state index is 0.0269. The van der Waals surface area contributed by atoms with Gasteiger partial charge in [0, 0.05) is 0 Å². The van der Waals surface area contributed by atoms with Crippen LogP contribution in [0.4, 0.5) is 0 Å². The molecule has 0 bridgehead atoms. The zero-order chi connectivity index (χ0) is 21.1. The van der Waals surface area contributed by atoms with E-state index >= 15 is 0 Å². The predicted octanol–water partition coefficient (Wildman–Crippen LogP) is 3.03. The predicted molar refractivity (Wildman–Crippen MR) is 107 cm³/mol. The van der Waals surface area contributed by atoms with Crippen molar-refractivity contribution in [2.24, 2.45) is 5.92 Å². The maximum Gasteiger partial charge on any atom is 0.246 e. The number of hydrogen-bond donors (Lipinski definition) is 2. The Morgan fingerprint density at radius 2 is 1.71 bits per heavy atom. The Kier molecular flexibility index (Phi) is 7.01. The van der Waals surface area contributed by atoms with E-state index in [4.69, 9.17) is 4.52 Å². The van der Waals surface area contributed by atoms with E-state index in [9.17, 15) is 13.2 Å². The van der Waals surface area contributed by atoms with Crippen LogP contribution in [0, 0.1) is 19.8 Å². The number of aryl methyl sites for hydroxylation is 2. The van der Waals surface area contributed by atoms with Gasteiger partial charge in [-0.2, -0.15) is 4.72 Å². The highest BCUT2D eigenvalue weighted by molar-refractivity contribution is 7.89. The van der Waals surface area contributed by atoms with Crippen molar-refractivity contribution in [2.45, 2.75) is 64.9 Å². The highest BCUT2D eigenvalue weighted by Crippen LogP contribution is 2.19. The molecule has 0 aliphatic rings. The van der Waals surface area contributed by atoms with Gasteiger partial charge in [-0.1, -0.05) is 43.3 Å². The number of aromatic nitrogens is 1. The molecule has 8 heteroatoms. The Bertz CT molecular complexity index is 898. The maximum absolute atomic E-state index is 12.5. The molecule has 2 rings (SSSR count). The number of hydrogen-bond acceptors (Lipinski definition) is 5. The summed E-state index contributed by atoms with van der Waals surface area (Å²) in [6.45, 7) is 10.8. The number of benzene rings is 1. The fourth-order valence-electron chi connectivity index (χ4n) is 3.04. The number of amides is 1. The van der Waals surface area contributed by atoms with Crippen LogP contribution in [0.25, 0.3) is 0 Å². The Morgan fingerprint density at radius 1 is 1.11 bits per heavy atom. The van der Waals surface area contributed by atoms with E-state index in [-0.39, 0.29) is 22.4 Å². The smallest absolute Gasteiger partial charge is 0.246 e. The van der Waals surface area contributed by atoms with E-state index in [0.717, 1.165) is 12.0 Å². The van der Waals surface area contributed by atoms with E-state index < -0.39 is 22.0 Å². The Morgan fingerprint density at radius 3 is 2.21 bits per heavy atom. The molecule has 2 aromatic rings. The third-order valence-corrected chi connectivity index (χ3v) is 6.23. The third kappa shape index (κ3) is 5.42. The number of carbonyl (C=O) groups excluding carboxylic acids is 1. The van der Waals surface area contributed by atoms with Crippen LogP contribution in [0.15, 0.2) is 33.7 Å². The fourth-order valence-corrected chi connectivity index (χ4v) is 4.57. The minimum Gasteiger partial charge on any atom is -0.360 e. The molecule has 2 N–H and O–H groups in total. The number of sulfonamides is 1. The monoisotopic (exact) mass is 407 g/mol. The topological polar surface area (TPSA) is 101 Å². The molecular formula is C20H29N3O4S. The van der Waals surface area contributed by atoms with Crippen molar-refractivity contribution in [3.8, 4) is 0 Å². The summed E-state index contributed by atoms with van der Waals surface area (Å²) in [6.07, 6.45) is 1.00. The van der Waals surface area contributed by atoms with E-state index in [0.29, 0.717) is 5.92 Å². The van der Waals surface area contributed by atoms with E-state index in [2.05, 4.69) is 41.2 Å². The standard InChI is InChI=1S/C20H29N3O4S/c1-12(2)11-17-7-9-18(10-8-17)13(3)21-20(24)15(5)23-28(25,26)19-14(4)22-27-16(19)6/h7-10,12-13,15,23H,11H2,1-6H3,(H,21,24)/t13-,15+/m0/s1. The zero-order valence-electron chi connectivity index (χ0n) is 17.2. The summed E-state index contributed by atoms with van der Waals surface area (Å²) in [5, 5.41) is 6.50. The van der Waals surface area contributed by atoms with Gasteiger partial charge in [0.15, 0.2) is 5.76 Å². The highest BCUT2D eigenvalue weighted by Gasteiger charge is 2.28. The summed E-state index contributed by atoms with van der Waals surface area (Å²) in [5.41, 5.74) is 2.46. The number of rotatable bonds is 8. The lowest BCUT2D eigenvalue weighted by atomic mass is 10.00. The first-order valence-corrected chi connectivity index (χ1v) is 10.8. The Labute approximate surface area is 166 Å². The van der Waals surface area contributed by atoms with Crippen molar-refractivity contribution in [1.82, 2.24) is 15.2 Å². The molecule has 28 heavy (non-hydrogen) atoms. The molecule has 1 aromatic heterocycles. The number of carbonyl (C=O) groups is 1. The molecule has 0 aliphatic heterocycles. The fraction of sp³-hybridized carbons (Fsp3) is 0.500. The molecular weight excluding hydrogens is 378 g/mol. The molecule has 1 heterocycles. The summed E-state index contributed by atoms with van der Waals surface area (Å²) in [6, 6.07) is 6.90. The van der Waals surface area contributed by atoms with Crippen LogP contribution in [-0.2, 0) is 21.2 Å². The van der Waals surface area contributed by atoms with Crippen LogP contribution in [0.5, 0.6) is 0 Å². The van der Waals surface area contributed by atoms with Crippen molar-refractivity contribution < 1.29 is 17.7 Å². The summed E-state index contributed by atoms with van der Waals surface area (Å²) in [4.78, 5) is 12.5. The summed E-state index contributed by atoms with van der Waals surface area (Å²) >= 11 is 0. The summed E-state index contributed by atoms with van der Waals surface area (Å²) < 4.78 is 32.4. The average molecular weight is 408 g/mol. The first kappa shape index (κ1) is 22.1. The van der Waals surface area contributed by atoms with E-state index in [1.165, 1.54) is 19.4 Å². The summed E-state index contributed by atoms with van der Waals surface area (Å²) in [7, 11) is -3.91. The Balaban J connectivity index is 2.01. The van der Waals surface area contributed by atoms with Gasteiger partial charge in [-0.25, -0.2) is 8.42 Å². The van der Waals surface area contributed by atoms with E-state index in [1.807, 2.05) is 19.1 Å². The van der Waals surface area contributed by atoms with Gasteiger partial charge in [0.25, 0.3) is 0 Å². The van der Waals surface area contributed by atoms with Crippen LogP contribution in [-0.4, -0.2) is 25.5 Å². The minimum atomic E-state index is -3.91. The van der Waals surface area contributed by atoms with Crippen LogP contribution in [0.3, 0.4) is 0 Å². The van der Waals surface area contributed by atoms with Crippen molar-refractivity contribution in [3.05, 3.63) is 46.8 Å². The quantitative estimate of drug-likeness (QED) is 0.700. The number of nitrogens with one attached hydrogen (secondary N) is 2. The average Bonchev–Trinajstić information content (AvgIpc) is 2.93. The van der Waals surface area contributed by atoms with Gasteiger partial charge >= 0.3 is 0 Å². The van der Waals surface area contributed by atoms with Gasteiger partial charge < -0.3 is 9.84 Å². The molecule has 0 fully saturated rings. The molecule has 0 radical (unpaired) electrons. The first-order chi connectivity index (χ1) is 13.0. The van der Waals surface area contributed by atoms with Crippen LogP contribution in [0.1, 0.15) is 56.3 Å². The molecule has 0 aliphatic carbocycles. The van der Waals surface area contributed by atoms with Gasteiger partial charge in [-0.3, -0.25) is 4.79 Å². The van der Waals surface area contributed by atoms with Gasteiger partial charge in [0.1, 0.15) is 10.6 Å². The SMILES string of the molecule is Cc1noc(C)c1S(=O)(=O)N[C@H](C)C(=O)N[C@@H](C)c1ccc(CC(C)C)cc1. The van der Waals surface area contributed by atoms with Gasteiger partial charge in [0.2, 0.25) is 15.9 Å². The molecule has 1 amide bonds. The van der Waals surface area contributed by atoms with Gasteiger partial charge in [-0.05, 0) is 51.2 Å². The van der Waals surface area contributed by atoms with Gasteiger partial charge in [-0.15, -0.1) is 0 Å². The van der Waals surface area contributed by atoms with Crippen molar-refractivity contribution in [2.75, 3.05) is 0 Å². The lowest BCUT2D eigenvalue weighted by Gasteiger charge is -2.19. The Hall–Kier alpha value is -2.19. The van der Waals surface area contributed by atoms with Gasteiger partial charge in [0.05, 0.1) is 12.1 Å². The van der Waals surface area contributed by atoms with Crippen molar-refractivity contribution in [3.63, 3.8) is 0 Å². The molecule has 1 aromatic carbocycles. The second-order valence-corrected chi connectivity index (χ2v) is 9.22. The molecule has 0 unspecified atom stereocenters. The lowest BCUT2D eigenvalue weighted by Crippen LogP contribution is -2.45. The first-order valence-electron chi connectivity index (χ1n) is 9.35. The van der Waals surface area contributed by atoms with E-state index in [1.54, 1.807) is 6.92 Å². The zero-order valence-corrected chi connectivity index (χ0v) is 18.1. The van der Waals surface area contributed by atoms with Crippen molar-refractivity contribution >= 4 is 15.9 Å². The molecule has 7 nitrogen and oxygen atoms in total. The molecule has 0 spiro atoms. The number of nitrogens with zero attached hydrogens (tertiary/aromatic N) is 1. The second-order valence-electron chi connectivity index (χ2n) is 7.57. The third-order valence-electron chi connectivity index (χ3n) is 4.44. The van der Waals surface area contributed by atoms with Crippen LogP contribution >= 0.6 is 0 Å². The molecule has 0 saturated carbocycles.